The number of hydrogen-bond donors (Lipinski definition) is 4. The van der Waals surface area contributed by atoms with Crippen molar-refractivity contribution in [2.24, 2.45) is 10.9 Å². The summed E-state index contributed by atoms with van der Waals surface area (Å²) in [4.78, 5) is 34.6. The van der Waals surface area contributed by atoms with Crippen LogP contribution in [0.2, 0.25) is 0 Å². The maximum Gasteiger partial charge on any atom is 0.253 e. The molecule has 2 aromatic heterocycles. The number of fused-ring (bicyclic) bond motifs is 1. The third-order valence-electron chi connectivity index (χ3n) is 6.06. The molecule has 0 radical (unpaired) electrons. The summed E-state index contributed by atoms with van der Waals surface area (Å²) in [5.74, 6) is -1.04. The molecule has 2 amide bonds. The van der Waals surface area contributed by atoms with Gasteiger partial charge in [-0.3, -0.25) is 9.59 Å². The highest BCUT2D eigenvalue weighted by molar-refractivity contribution is 7.94. The summed E-state index contributed by atoms with van der Waals surface area (Å²) in [5.41, 5.74) is 6.46. The number of thiophene rings is 1. The number of sulfonamides is 2. The first-order valence-electron chi connectivity index (χ1n) is 11.8. The number of aromatic amines is 1. The number of rotatable bonds is 12. The van der Waals surface area contributed by atoms with Gasteiger partial charge in [0.05, 0.1) is 18.4 Å². The van der Waals surface area contributed by atoms with Crippen molar-refractivity contribution in [1.29, 1.82) is 0 Å². The van der Waals surface area contributed by atoms with Gasteiger partial charge in [0.1, 0.15) is 14.5 Å². The van der Waals surface area contributed by atoms with Crippen molar-refractivity contribution in [3.05, 3.63) is 29.8 Å². The fraction of sp³-hybridized carbons (Fsp3) is 0.571. The minimum atomic E-state index is -4.21. The third-order valence-corrected chi connectivity index (χ3v) is 11.0. The Kier molecular flexibility index (Phi) is 9.66. The summed E-state index contributed by atoms with van der Waals surface area (Å²) in [6, 6.07) is -1.55. The molecule has 0 bridgehead atoms. The topological polar surface area (TPSA) is 211 Å². The molecule has 6 N–H and O–H groups in total. The fourth-order valence-electron chi connectivity index (χ4n) is 4.16. The first-order valence-corrected chi connectivity index (χ1v) is 15.6. The van der Waals surface area contributed by atoms with Crippen LogP contribution in [0.3, 0.4) is 0 Å². The Morgan fingerprint density at radius 3 is 2.68 bits per heavy atom. The molecule has 1 aliphatic heterocycles. The number of hydrogen-bond acceptors (Lipinski definition) is 10. The van der Waals surface area contributed by atoms with Crippen LogP contribution in [-0.4, -0.2) is 93.3 Å². The first-order chi connectivity index (χ1) is 17.8. The van der Waals surface area contributed by atoms with Crippen molar-refractivity contribution in [3.63, 3.8) is 0 Å². The SMILES string of the molecule is CCN(C(=O)C(Cc1cnc[nH]1)NC(=O)C(C)N)[C@H]1CN(CCCOC)S(=O)(=O)c2sc(S(N)(=O)=O)cc21. The van der Waals surface area contributed by atoms with E-state index in [9.17, 15) is 26.4 Å². The predicted molar refractivity (Wildman–Crippen MR) is 139 cm³/mol. The number of nitrogens with two attached hydrogens (primary N) is 2. The van der Waals surface area contributed by atoms with Crippen molar-refractivity contribution in [2.75, 3.05) is 33.4 Å². The summed E-state index contributed by atoms with van der Waals surface area (Å²) >= 11 is 0.551. The van der Waals surface area contributed by atoms with E-state index in [4.69, 9.17) is 15.6 Å². The zero-order chi connectivity index (χ0) is 28.3. The lowest BCUT2D eigenvalue weighted by Crippen LogP contribution is -2.55. The van der Waals surface area contributed by atoms with Gasteiger partial charge in [-0.25, -0.2) is 27.0 Å². The predicted octanol–water partition coefficient (Wildman–Crippen LogP) is -0.876. The Labute approximate surface area is 225 Å². The summed E-state index contributed by atoms with van der Waals surface area (Å²) in [7, 11) is -6.77. The molecule has 0 fully saturated rings. The lowest BCUT2D eigenvalue weighted by atomic mass is 10.0. The van der Waals surface area contributed by atoms with E-state index in [0.717, 1.165) is 0 Å². The van der Waals surface area contributed by atoms with E-state index in [1.165, 1.54) is 41.8 Å². The molecule has 0 saturated carbocycles. The van der Waals surface area contributed by atoms with Crippen molar-refractivity contribution < 1.29 is 31.2 Å². The van der Waals surface area contributed by atoms with E-state index >= 15 is 0 Å². The van der Waals surface area contributed by atoms with Gasteiger partial charge in [-0.05, 0) is 26.3 Å². The number of carbonyl (C=O) groups excluding carboxylic acids is 2. The summed E-state index contributed by atoms with van der Waals surface area (Å²) < 4.78 is 56.8. The number of imidazole rings is 1. The number of carbonyl (C=O) groups is 2. The van der Waals surface area contributed by atoms with Crippen LogP contribution in [0, 0.1) is 0 Å². The first kappa shape index (κ1) is 30.1. The maximum atomic E-state index is 13.9. The lowest BCUT2D eigenvalue weighted by Gasteiger charge is -2.39. The van der Waals surface area contributed by atoms with Gasteiger partial charge in [-0.2, -0.15) is 4.31 Å². The second kappa shape index (κ2) is 12.2. The van der Waals surface area contributed by atoms with E-state index in [1.54, 1.807) is 6.92 Å². The van der Waals surface area contributed by atoms with Crippen LogP contribution in [0.5, 0.6) is 0 Å². The van der Waals surface area contributed by atoms with Gasteiger partial charge in [-0.1, -0.05) is 0 Å². The van der Waals surface area contributed by atoms with Gasteiger partial charge in [0.15, 0.2) is 0 Å². The average Bonchev–Trinajstić information content (AvgIpc) is 3.52. The number of nitrogens with zero attached hydrogens (tertiary/aromatic N) is 3. The molecule has 17 heteroatoms. The number of aromatic nitrogens is 2. The van der Waals surface area contributed by atoms with E-state index in [1.807, 2.05) is 0 Å². The Morgan fingerprint density at radius 1 is 1.42 bits per heavy atom. The number of ether oxygens (including phenoxy) is 1. The van der Waals surface area contributed by atoms with Gasteiger partial charge in [0.25, 0.3) is 10.0 Å². The van der Waals surface area contributed by atoms with Crippen molar-refractivity contribution >= 4 is 43.2 Å². The minimum Gasteiger partial charge on any atom is -0.385 e. The van der Waals surface area contributed by atoms with E-state index in [0.29, 0.717) is 30.1 Å². The number of amides is 2. The van der Waals surface area contributed by atoms with Crippen LogP contribution in [0.15, 0.2) is 27.0 Å². The smallest absolute Gasteiger partial charge is 0.253 e. The maximum absolute atomic E-state index is 13.9. The normalized spacial score (nSPS) is 18.9. The molecule has 14 nitrogen and oxygen atoms in total. The Bertz CT molecular complexity index is 1340. The molecule has 0 aliphatic carbocycles. The zero-order valence-electron chi connectivity index (χ0n) is 21.3. The highest BCUT2D eigenvalue weighted by Crippen LogP contribution is 2.42. The molecule has 3 rings (SSSR count). The number of nitrogens with one attached hydrogen (secondary N) is 2. The van der Waals surface area contributed by atoms with E-state index in [-0.39, 0.29) is 40.0 Å². The molecule has 2 aromatic rings. The molecule has 0 spiro atoms. The molecule has 0 aromatic carbocycles. The zero-order valence-corrected chi connectivity index (χ0v) is 23.7. The minimum absolute atomic E-state index is 0.0787. The van der Waals surface area contributed by atoms with Crippen LogP contribution in [0.1, 0.15) is 37.6 Å². The second-order valence-corrected chi connectivity index (χ2v) is 13.8. The molecule has 38 heavy (non-hydrogen) atoms. The van der Waals surface area contributed by atoms with Crippen molar-refractivity contribution in [3.8, 4) is 0 Å². The molecule has 3 atom stereocenters. The summed E-state index contributed by atoms with van der Waals surface area (Å²) in [6.07, 6.45) is 3.43. The Balaban J connectivity index is 2.06. The Hall–Kier alpha value is -2.41. The number of likely N-dealkylation sites (N-methyl/N-ethyl adjacent to an activating group) is 1. The number of H-pyrrole nitrogens is 1. The van der Waals surface area contributed by atoms with Gasteiger partial charge in [0, 0.05) is 57.2 Å². The van der Waals surface area contributed by atoms with Gasteiger partial charge in [0.2, 0.25) is 21.8 Å². The molecular formula is C21H33N7O7S3. The average molecular weight is 592 g/mol. The monoisotopic (exact) mass is 591 g/mol. The molecule has 0 saturated heterocycles. The second-order valence-electron chi connectivity index (χ2n) is 8.83. The van der Waals surface area contributed by atoms with Crippen LogP contribution >= 0.6 is 11.3 Å². The Morgan fingerprint density at radius 2 is 2.13 bits per heavy atom. The molecule has 3 heterocycles. The van der Waals surface area contributed by atoms with Crippen LogP contribution in [0.4, 0.5) is 0 Å². The van der Waals surface area contributed by atoms with Crippen LogP contribution < -0.4 is 16.2 Å². The van der Waals surface area contributed by atoms with Crippen LogP contribution in [-0.2, 0) is 40.8 Å². The fourth-order valence-corrected chi connectivity index (χ4v) is 8.45. The van der Waals surface area contributed by atoms with Crippen molar-refractivity contribution in [1.82, 2.24) is 24.5 Å². The van der Waals surface area contributed by atoms with E-state index in [2.05, 4.69) is 15.3 Å². The number of primary sulfonamides is 1. The van der Waals surface area contributed by atoms with Gasteiger partial charge in [-0.15, -0.1) is 11.3 Å². The van der Waals surface area contributed by atoms with Gasteiger partial charge < -0.3 is 25.7 Å². The van der Waals surface area contributed by atoms with Crippen LogP contribution in [0.25, 0.3) is 0 Å². The summed E-state index contributed by atoms with van der Waals surface area (Å²) in [5, 5.41) is 7.99. The molecular weight excluding hydrogens is 558 g/mol. The highest BCUT2D eigenvalue weighted by Gasteiger charge is 2.44. The van der Waals surface area contributed by atoms with E-state index < -0.39 is 50.0 Å². The molecule has 2 unspecified atom stereocenters. The van der Waals surface area contributed by atoms with Crippen molar-refractivity contribution in [2.45, 2.75) is 53.2 Å². The highest BCUT2D eigenvalue weighted by atomic mass is 32.3. The number of methoxy groups -OCH3 is 1. The standard InChI is InChI=1S/C21H33N7O7S3/c1-4-28(20(30)16(26-19(29)13(2)22)8-14-10-24-12-25-14)17-11-27(6-5-7-35-3)38(33,34)21-15(17)9-18(36-21)37(23,31)32/h9-10,12-13,16-17H,4-8,11,22H2,1-3H3,(H,24,25)(H,26,29)(H2,23,31,32)/t13?,16?,17-/m0/s1. The molecule has 212 valence electrons. The largest absolute Gasteiger partial charge is 0.385 e. The third kappa shape index (κ3) is 6.59. The summed E-state index contributed by atoms with van der Waals surface area (Å²) in [6.45, 7) is 3.63. The molecule has 1 aliphatic rings. The quantitative estimate of drug-likeness (QED) is 0.225. The lowest BCUT2D eigenvalue weighted by molar-refractivity contribution is -0.139. The van der Waals surface area contributed by atoms with Gasteiger partial charge >= 0.3 is 0 Å².